The Labute approximate surface area is 186 Å². The van der Waals surface area contributed by atoms with Crippen molar-refractivity contribution in [3.8, 4) is 11.1 Å². The quantitative estimate of drug-likeness (QED) is 0.352. The van der Waals surface area contributed by atoms with Crippen LogP contribution in [-0.4, -0.2) is 27.1 Å². The molecule has 0 aliphatic heterocycles. The van der Waals surface area contributed by atoms with Gasteiger partial charge in [0, 0.05) is 21.7 Å². The molecule has 31 heavy (non-hydrogen) atoms. The summed E-state index contributed by atoms with van der Waals surface area (Å²) < 4.78 is 0.738. The fraction of sp³-hybridized carbons (Fsp3) is 0.0909. The zero-order chi connectivity index (χ0) is 22.0. The number of carbonyl (C=O) groups is 2. The number of aromatic nitrogens is 2. The third-order valence-electron chi connectivity index (χ3n) is 4.76. The van der Waals surface area contributed by atoms with E-state index < -0.39 is 17.9 Å². The third kappa shape index (κ3) is 4.50. The number of benzene rings is 2. The molecule has 0 radical (unpaired) electrons. The molecule has 3 N–H and O–H groups in total. The van der Waals surface area contributed by atoms with Crippen molar-refractivity contribution in [3.05, 3.63) is 70.8 Å². The number of halogens is 1. The molecule has 2 aromatic heterocycles. The molecule has 2 heterocycles. The van der Waals surface area contributed by atoms with E-state index in [0.717, 1.165) is 21.4 Å². The highest BCUT2D eigenvalue weighted by Crippen LogP contribution is 2.36. The summed E-state index contributed by atoms with van der Waals surface area (Å²) in [7, 11) is 0. The smallest absolute Gasteiger partial charge is 0.324 e. The van der Waals surface area contributed by atoms with Gasteiger partial charge in [0.2, 0.25) is 0 Å². The molecule has 0 aliphatic carbocycles. The molecule has 1 unspecified atom stereocenters. The largest absolute Gasteiger partial charge is 0.481 e. The Morgan fingerprint density at radius 1 is 1.10 bits per heavy atom. The number of urea groups is 1. The Kier molecular flexibility index (Phi) is 5.83. The summed E-state index contributed by atoms with van der Waals surface area (Å²) in [5.74, 6) is -1.05. The van der Waals surface area contributed by atoms with E-state index in [4.69, 9.17) is 11.6 Å². The van der Waals surface area contributed by atoms with Crippen molar-refractivity contribution < 1.29 is 14.7 Å². The molecule has 4 aromatic rings. The van der Waals surface area contributed by atoms with Gasteiger partial charge in [0.05, 0.1) is 16.1 Å². The second-order valence-corrected chi connectivity index (χ2v) is 8.14. The summed E-state index contributed by atoms with van der Waals surface area (Å²) in [6, 6.07) is 13.8. The Morgan fingerprint density at radius 3 is 2.58 bits per heavy atom. The highest BCUT2D eigenvalue weighted by molar-refractivity contribution is 7.18. The van der Waals surface area contributed by atoms with E-state index in [0.29, 0.717) is 22.0 Å². The number of aliphatic carboxylic acids is 1. The minimum absolute atomic E-state index is 0.400. The number of rotatable bonds is 5. The molecule has 0 bridgehead atoms. The van der Waals surface area contributed by atoms with E-state index in [-0.39, 0.29) is 0 Å². The number of thiophene rings is 1. The maximum absolute atomic E-state index is 12.4. The maximum Gasteiger partial charge on any atom is 0.324 e. The van der Waals surface area contributed by atoms with Crippen molar-refractivity contribution in [2.24, 2.45) is 0 Å². The predicted octanol–water partition coefficient (Wildman–Crippen LogP) is 5.84. The number of amides is 2. The van der Waals surface area contributed by atoms with Crippen LogP contribution in [0.5, 0.6) is 0 Å². The lowest BCUT2D eigenvalue weighted by atomic mass is 9.98. The predicted molar refractivity (Wildman–Crippen MR) is 123 cm³/mol. The van der Waals surface area contributed by atoms with E-state index in [1.54, 1.807) is 43.3 Å². The lowest BCUT2D eigenvalue weighted by Crippen LogP contribution is -2.20. The first-order valence-corrected chi connectivity index (χ1v) is 10.6. The fourth-order valence-corrected chi connectivity index (χ4v) is 4.24. The number of carboxylic acids is 1. The Balaban J connectivity index is 1.58. The molecule has 9 heteroatoms. The second-order valence-electron chi connectivity index (χ2n) is 6.82. The highest BCUT2D eigenvalue weighted by Gasteiger charge is 2.16. The second kappa shape index (κ2) is 8.71. The number of hydrogen-bond acceptors (Lipinski definition) is 5. The molecule has 0 saturated carbocycles. The van der Waals surface area contributed by atoms with Crippen LogP contribution < -0.4 is 10.6 Å². The van der Waals surface area contributed by atoms with Gasteiger partial charge in [-0.25, -0.2) is 14.8 Å². The van der Waals surface area contributed by atoms with E-state index in [2.05, 4.69) is 20.6 Å². The van der Waals surface area contributed by atoms with Gasteiger partial charge in [-0.2, -0.15) is 0 Å². The average molecular weight is 453 g/mol. The summed E-state index contributed by atoms with van der Waals surface area (Å²) in [4.78, 5) is 32.2. The number of carboxylic acid groups (broad SMARTS) is 1. The summed E-state index contributed by atoms with van der Waals surface area (Å²) in [6.45, 7) is 1.65. The van der Waals surface area contributed by atoms with Crippen LogP contribution >= 0.6 is 22.9 Å². The van der Waals surface area contributed by atoms with Gasteiger partial charge in [-0.05, 0) is 36.2 Å². The third-order valence-corrected chi connectivity index (χ3v) is 5.97. The average Bonchev–Trinajstić information content (AvgIpc) is 3.18. The normalized spacial score (nSPS) is 11.8. The van der Waals surface area contributed by atoms with Gasteiger partial charge >= 0.3 is 12.0 Å². The maximum atomic E-state index is 12.4. The van der Waals surface area contributed by atoms with Gasteiger partial charge in [-0.1, -0.05) is 41.9 Å². The summed E-state index contributed by atoms with van der Waals surface area (Å²) in [5, 5.41) is 17.1. The van der Waals surface area contributed by atoms with Gasteiger partial charge in [0.1, 0.15) is 6.33 Å². The molecular formula is C22H17ClN4O3S. The summed E-state index contributed by atoms with van der Waals surface area (Å²) in [5.41, 5.74) is 3.79. The molecular weight excluding hydrogens is 436 g/mol. The first-order valence-electron chi connectivity index (χ1n) is 9.31. The molecule has 7 nitrogen and oxygen atoms in total. The Bertz CT molecular complexity index is 1270. The van der Waals surface area contributed by atoms with Crippen molar-refractivity contribution in [3.63, 3.8) is 0 Å². The van der Waals surface area contributed by atoms with Crippen molar-refractivity contribution in [1.82, 2.24) is 9.97 Å². The van der Waals surface area contributed by atoms with E-state index in [1.807, 2.05) is 17.5 Å². The SMILES string of the molecule is CC(C(=O)O)c1ccc(-c2csc3c(NC(=O)Nc4cccc(Cl)c4)ncnc23)cc1. The van der Waals surface area contributed by atoms with Crippen molar-refractivity contribution in [2.75, 3.05) is 10.6 Å². The Morgan fingerprint density at radius 2 is 1.87 bits per heavy atom. The lowest BCUT2D eigenvalue weighted by Gasteiger charge is -2.09. The molecule has 0 aliphatic rings. The van der Waals surface area contributed by atoms with Crippen molar-refractivity contribution in [2.45, 2.75) is 12.8 Å². The number of anilines is 2. The van der Waals surface area contributed by atoms with Gasteiger partial charge in [0.15, 0.2) is 5.82 Å². The van der Waals surface area contributed by atoms with Crippen LogP contribution in [-0.2, 0) is 4.79 Å². The molecule has 156 valence electrons. The van der Waals surface area contributed by atoms with Gasteiger partial charge in [-0.15, -0.1) is 11.3 Å². The molecule has 0 fully saturated rings. The highest BCUT2D eigenvalue weighted by atomic mass is 35.5. The zero-order valence-corrected chi connectivity index (χ0v) is 17.9. The number of carbonyl (C=O) groups excluding carboxylic acids is 1. The fourth-order valence-electron chi connectivity index (χ4n) is 3.07. The topological polar surface area (TPSA) is 104 Å². The number of hydrogen-bond donors (Lipinski definition) is 3. The Hall–Kier alpha value is -3.49. The zero-order valence-electron chi connectivity index (χ0n) is 16.3. The molecule has 1 atom stereocenters. The molecule has 4 rings (SSSR count). The van der Waals surface area contributed by atoms with Crippen LogP contribution in [0, 0.1) is 0 Å². The van der Waals surface area contributed by atoms with Gasteiger partial charge in [0.25, 0.3) is 0 Å². The van der Waals surface area contributed by atoms with Crippen LogP contribution in [0.3, 0.4) is 0 Å². The van der Waals surface area contributed by atoms with Crippen LogP contribution in [0.25, 0.3) is 21.3 Å². The first kappa shape index (κ1) is 20.8. The monoisotopic (exact) mass is 452 g/mol. The van der Waals surface area contributed by atoms with Gasteiger partial charge in [-0.3, -0.25) is 10.1 Å². The van der Waals surface area contributed by atoms with Crippen molar-refractivity contribution >= 4 is 56.7 Å². The van der Waals surface area contributed by atoms with Crippen LogP contribution in [0.15, 0.2) is 60.2 Å². The minimum atomic E-state index is -0.867. The summed E-state index contributed by atoms with van der Waals surface area (Å²) in [6.07, 6.45) is 1.40. The van der Waals surface area contributed by atoms with Gasteiger partial charge < -0.3 is 10.4 Å². The summed E-state index contributed by atoms with van der Waals surface area (Å²) >= 11 is 7.37. The number of nitrogens with one attached hydrogen (secondary N) is 2. The van der Waals surface area contributed by atoms with Crippen LogP contribution in [0.4, 0.5) is 16.3 Å². The van der Waals surface area contributed by atoms with E-state index in [9.17, 15) is 14.7 Å². The van der Waals surface area contributed by atoms with E-state index in [1.165, 1.54) is 17.7 Å². The lowest BCUT2D eigenvalue weighted by molar-refractivity contribution is -0.138. The first-order chi connectivity index (χ1) is 14.9. The molecule has 2 amide bonds. The molecule has 2 aromatic carbocycles. The van der Waals surface area contributed by atoms with Crippen molar-refractivity contribution in [1.29, 1.82) is 0 Å². The van der Waals surface area contributed by atoms with Crippen LogP contribution in [0.2, 0.25) is 5.02 Å². The number of nitrogens with zero attached hydrogens (tertiary/aromatic N) is 2. The van der Waals surface area contributed by atoms with Crippen LogP contribution in [0.1, 0.15) is 18.4 Å². The standard InChI is InChI=1S/C22H17ClN4O3S/c1-12(21(28)29)13-5-7-14(8-6-13)17-10-31-19-18(17)24-11-25-20(19)27-22(30)26-16-4-2-3-15(23)9-16/h2-12H,1H3,(H,28,29)(H2,24,25,26,27,30). The minimum Gasteiger partial charge on any atom is -0.481 e. The number of fused-ring (bicyclic) bond motifs is 1. The molecule has 0 spiro atoms. The molecule has 0 saturated heterocycles. The van der Waals surface area contributed by atoms with E-state index >= 15 is 0 Å².